The van der Waals surface area contributed by atoms with Gasteiger partial charge in [0, 0.05) is 11.1 Å². The maximum atomic E-state index is 11.0. The van der Waals surface area contributed by atoms with E-state index in [0.717, 1.165) is 62.3 Å². The Bertz CT molecular complexity index is 1750. The Balaban J connectivity index is 1.44. The van der Waals surface area contributed by atoms with Gasteiger partial charge in [0.25, 0.3) is 0 Å². The average Bonchev–Trinajstić information content (AvgIpc) is 3.72. The van der Waals surface area contributed by atoms with Crippen molar-refractivity contribution in [3.05, 3.63) is 144 Å². The number of fused-ring (bicyclic) bond motifs is 4. The number of aliphatic imine (C=N–C) groups is 4. The Morgan fingerprint density at radius 2 is 1.14 bits per heavy atom. The molecule has 0 saturated heterocycles. The molecule has 0 radical (unpaired) electrons. The highest BCUT2D eigenvalue weighted by molar-refractivity contribution is 6.33. The summed E-state index contributed by atoms with van der Waals surface area (Å²) >= 11 is 0. The molecule has 174 valence electrons. The summed E-state index contributed by atoms with van der Waals surface area (Å²) in [6, 6.07) is 15.8. The summed E-state index contributed by atoms with van der Waals surface area (Å²) in [5.74, 6) is 0.173. The number of hydrogen-bond acceptors (Lipinski definition) is 5. The molecular weight excluding hydrogens is 456 g/mol. The molecule has 5 aliphatic heterocycles. The van der Waals surface area contributed by atoms with Crippen molar-refractivity contribution in [1.82, 2.24) is 0 Å². The van der Waals surface area contributed by atoms with Crippen LogP contribution in [0.15, 0.2) is 158 Å². The van der Waals surface area contributed by atoms with Crippen LogP contribution in [0.2, 0.25) is 0 Å². The molecule has 7 rings (SSSR count). The van der Waals surface area contributed by atoms with Crippen LogP contribution in [0.25, 0.3) is 16.7 Å². The van der Waals surface area contributed by atoms with Crippen molar-refractivity contribution < 1.29 is 5.11 Å². The van der Waals surface area contributed by atoms with Gasteiger partial charge in [-0.2, -0.15) is 0 Å². The van der Waals surface area contributed by atoms with Crippen molar-refractivity contribution in [2.24, 2.45) is 20.0 Å². The first-order valence-corrected chi connectivity index (χ1v) is 12.0. The minimum Gasteiger partial charge on any atom is -0.507 e. The number of hydrogen-bond donors (Lipinski definition) is 1. The summed E-state index contributed by atoms with van der Waals surface area (Å²) < 4.78 is 0. The Morgan fingerprint density at radius 1 is 0.514 bits per heavy atom. The third kappa shape index (κ3) is 4.02. The highest BCUT2D eigenvalue weighted by Crippen LogP contribution is 2.36. The Kier molecular flexibility index (Phi) is 4.86. The van der Waals surface area contributed by atoms with Gasteiger partial charge in [0.15, 0.2) is 0 Å². The van der Waals surface area contributed by atoms with E-state index in [1.165, 1.54) is 0 Å². The lowest BCUT2D eigenvalue weighted by molar-refractivity contribution is 0.474. The van der Waals surface area contributed by atoms with Crippen LogP contribution in [0.5, 0.6) is 5.75 Å². The molecule has 0 aliphatic carbocycles. The molecule has 5 nitrogen and oxygen atoms in total. The summed E-state index contributed by atoms with van der Waals surface area (Å²) in [5.41, 5.74) is 9.89. The van der Waals surface area contributed by atoms with Crippen LogP contribution in [0.4, 0.5) is 0 Å². The van der Waals surface area contributed by atoms with Crippen molar-refractivity contribution in [2.45, 2.75) is 0 Å². The largest absolute Gasteiger partial charge is 0.507 e. The lowest BCUT2D eigenvalue weighted by atomic mass is 9.94. The van der Waals surface area contributed by atoms with E-state index in [-0.39, 0.29) is 5.75 Å². The maximum Gasteiger partial charge on any atom is 0.123 e. The summed E-state index contributed by atoms with van der Waals surface area (Å²) in [4.78, 5) is 19.2. The molecule has 0 spiro atoms. The van der Waals surface area contributed by atoms with E-state index < -0.39 is 0 Å². The second kappa shape index (κ2) is 8.50. The fraction of sp³-hybridized carbons (Fsp3) is 0. The first kappa shape index (κ1) is 21.1. The number of phenols is 1. The monoisotopic (exact) mass is 476 g/mol. The third-order valence-corrected chi connectivity index (χ3v) is 6.46. The maximum absolute atomic E-state index is 11.0. The van der Waals surface area contributed by atoms with E-state index in [9.17, 15) is 5.11 Å². The molecule has 8 bridgehead atoms. The molecule has 5 aliphatic rings. The molecule has 1 N–H and O–H groups in total. The average molecular weight is 477 g/mol. The molecule has 0 amide bonds. The highest BCUT2D eigenvalue weighted by atomic mass is 16.3. The Labute approximate surface area is 214 Å². The number of allylic oxidation sites excluding steroid dienone is 12. The van der Waals surface area contributed by atoms with Crippen molar-refractivity contribution in [1.29, 1.82) is 0 Å². The number of nitrogens with zero attached hydrogens (tertiary/aromatic N) is 4. The molecule has 0 fully saturated rings. The minimum absolute atomic E-state index is 0.173. The number of phenolic OH excluding ortho intramolecular Hbond substituents is 1. The third-order valence-electron chi connectivity index (χ3n) is 6.46. The standard InChI is InChI=1S/C32H20N4O/c37-31-15-6-21(20-4-2-1-3-5-20)16-28(31)32-29-13-11-26(35-29)18-24-9-7-22(33-24)17-23-8-10-25(34-23)19-27-12-14-30(32)36-27/h1-19,37H. The van der Waals surface area contributed by atoms with Crippen LogP contribution in [-0.4, -0.2) is 28.0 Å². The smallest absolute Gasteiger partial charge is 0.123 e. The second-order valence-electron chi connectivity index (χ2n) is 9.01. The zero-order valence-corrected chi connectivity index (χ0v) is 19.7. The normalized spacial score (nSPS) is 19.0. The fourth-order valence-corrected chi connectivity index (χ4v) is 4.71. The quantitative estimate of drug-likeness (QED) is 0.530. The van der Waals surface area contributed by atoms with Crippen molar-refractivity contribution >= 4 is 28.4 Å². The Morgan fingerprint density at radius 3 is 1.86 bits per heavy atom. The lowest BCUT2D eigenvalue weighted by Gasteiger charge is -2.13. The van der Waals surface area contributed by atoms with Crippen molar-refractivity contribution in [2.75, 3.05) is 0 Å². The van der Waals surface area contributed by atoms with E-state index in [4.69, 9.17) is 20.0 Å². The van der Waals surface area contributed by atoms with Crippen LogP contribution in [0.3, 0.4) is 0 Å². The molecule has 2 aromatic carbocycles. The van der Waals surface area contributed by atoms with Gasteiger partial charge < -0.3 is 5.11 Å². The molecule has 5 heteroatoms. The summed E-state index contributed by atoms with van der Waals surface area (Å²) in [7, 11) is 0. The van der Waals surface area contributed by atoms with E-state index >= 15 is 0 Å². The van der Waals surface area contributed by atoms with Gasteiger partial charge in [-0.15, -0.1) is 0 Å². The number of rotatable bonds is 2. The van der Waals surface area contributed by atoms with Gasteiger partial charge in [-0.3, -0.25) is 0 Å². The SMILES string of the molecule is Oc1ccc(-c2ccccc2)cc1C1=C2C=CC(=N2)C=C2C=CC(=N2)C=C2C=CC(=N2)C=C2C=CC1=N2. The van der Waals surface area contributed by atoms with Gasteiger partial charge in [-0.1, -0.05) is 36.4 Å². The van der Waals surface area contributed by atoms with Crippen LogP contribution < -0.4 is 0 Å². The first-order chi connectivity index (χ1) is 18.2. The van der Waals surface area contributed by atoms with Crippen molar-refractivity contribution in [3.8, 4) is 16.9 Å². The Hall–Kier alpha value is -5.16. The number of benzene rings is 2. The number of aromatic hydroxyl groups is 1. The topological polar surface area (TPSA) is 69.7 Å². The predicted molar refractivity (Wildman–Crippen MR) is 151 cm³/mol. The molecule has 0 atom stereocenters. The molecule has 0 saturated carbocycles. The van der Waals surface area contributed by atoms with Gasteiger partial charge in [0.1, 0.15) is 5.75 Å². The zero-order chi connectivity index (χ0) is 24.8. The summed E-state index contributed by atoms with van der Waals surface area (Å²) in [5, 5.41) is 11.0. The minimum atomic E-state index is 0.173. The highest BCUT2D eigenvalue weighted by Gasteiger charge is 2.22. The van der Waals surface area contributed by atoms with E-state index in [1.54, 1.807) is 6.07 Å². The van der Waals surface area contributed by atoms with E-state index in [2.05, 4.69) is 12.1 Å². The van der Waals surface area contributed by atoms with E-state index in [1.807, 2.05) is 97.2 Å². The summed E-state index contributed by atoms with van der Waals surface area (Å²) in [6.07, 6.45) is 21.6. The molecule has 5 heterocycles. The molecule has 2 aromatic rings. The molecule has 0 unspecified atom stereocenters. The summed E-state index contributed by atoms with van der Waals surface area (Å²) in [6.45, 7) is 0. The fourth-order valence-electron chi connectivity index (χ4n) is 4.71. The second-order valence-corrected chi connectivity index (χ2v) is 9.01. The molecular formula is C32H20N4O. The van der Waals surface area contributed by atoms with Gasteiger partial charge in [0.05, 0.1) is 45.6 Å². The molecule has 0 aromatic heterocycles. The van der Waals surface area contributed by atoms with Crippen LogP contribution in [-0.2, 0) is 0 Å². The van der Waals surface area contributed by atoms with Gasteiger partial charge >= 0.3 is 0 Å². The van der Waals surface area contributed by atoms with Crippen LogP contribution in [0, 0.1) is 0 Å². The van der Waals surface area contributed by atoms with E-state index in [0.29, 0.717) is 5.56 Å². The lowest BCUT2D eigenvalue weighted by Crippen LogP contribution is -2.01. The predicted octanol–water partition coefficient (Wildman–Crippen LogP) is 6.48. The van der Waals surface area contributed by atoms with Crippen LogP contribution in [0.1, 0.15) is 5.56 Å². The van der Waals surface area contributed by atoms with Gasteiger partial charge in [0.2, 0.25) is 0 Å². The zero-order valence-electron chi connectivity index (χ0n) is 19.7. The van der Waals surface area contributed by atoms with Gasteiger partial charge in [-0.05, 0) is 90.1 Å². The molecule has 37 heavy (non-hydrogen) atoms. The van der Waals surface area contributed by atoms with Crippen molar-refractivity contribution in [3.63, 3.8) is 0 Å². The van der Waals surface area contributed by atoms with Gasteiger partial charge in [-0.25, -0.2) is 20.0 Å². The van der Waals surface area contributed by atoms with Crippen LogP contribution >= 0.6 is 0 Å². The first-order valence-electron chi connectivity index (χ1n) is 12.0.